The number of nitrogens with one attached hydrogen (secondary N) is 1. The summed E-state index contributed by atoms with van der Waals surface area (Å²) in [4.78, 5) is 12.8. The second-order valence-corrected chi connectivity index (χ2v) is 6.88. The summed E-state index contributed by atoms with van der Waals surface area (Å²) in [6.45, 7) is 0.519. The lowest BCUT2D eigenvalue weighted by molar-refractivity contribution is 0.0891. The lowest BCUT2D eigenvalue weighted by atomic mass is 9.91. The molecule has 5 heteroatoms. The lowest BCUT2D eigenvalue weighted by Crippen LogP contribution is -2.32. The number of hydrogen-bond acceptors (Lipinski definition) is 3. The first-order valence-corrected chi connectivity index (χ1v) is 9.21. The zero-order chi connectivity index (χ0) is 17.8. The van der Waals surface area contributed by atoms with Gasteiger partial charge in [-0.05, 0) is 42.5 Å². The molecule has 0 bridgehead atoms. The maximum Gasteiger partial charge on any atom is 0.287 e. The molecule has 5 nitrogen and oxygen atoms in total. The first-order chi connectivity index (χ1) is 12.8. The molecule has 1 fully saturated rings. The predicted octanol–water partition coefficient (Wildman–Crippen LogP) is 4.19. The zero-order valence-corrected chi connectivity index (χ0v) is 14.7. The Bertz CT molecular complexity index is 833. The average Bonchev–Trinajstić information content (AvgIpc) is 3.43. The molecule has 0 radical (unpaired) electrons. The van der Waals surface area contributed by atoms with Crippen LogP contribution in [-0.2, 0) is 6.54 Å². The molecule has 1 saturated carbocycles. The van der Waals surface area contributed by atoms with Gasteiger partial charge in [-0.25, -0.2) is 0 Å². The van der Waals surface area contributed by atoms with Gasteiger partial charge in [0.2, 0.25) is 0 Å². The SMILES string of the molecule is O=C(NC(c1ccccc1)C1CCCC1)c1ccc(Cn2cccn2)o1. The molecule has 4 rings (SSSR count). The third kappa shape index (κ3) is 3.72. The number of rotatable bonds is 6. The van der Waals surface area contributed by atoms with E-state index in [1.165, 1.54) is 12.8 Å². The molecule has 1 atom stereocenters. The molecule has 2 aromatic heterocycles. The molecule has 2 heterocycles. The Balaban J connectivity index is 1.48. The van der Waals surface area contributed by atoms with Gasteiger partial charge in [-0.15, -0.1) is 0 Å². The van der Waals surface area contributed by atoms with Crippen molar-refractivity contribution in [3.63, 3.8) is 0 Å². The van der Waals surface area contributed by atoms with Crippen LogP contribution in [0.3, 0.4) is 0 Å². The Kier molecular flexibility index (Phi) is 4.86. The van der Waals surface area contributed by atoms with E-state index in [0.29, 0.717) is 18.2 Å². The van der Waals surface area contributed by atoms with E-state index in [0.717, 1.165) is 24.2 Å². The first-order valence-electron chi connectivity index (χ1n) is 9.21. The molecule has 1 aliphatic carbocycles. The van der Waals surface area contributed by atoms with Crippen LogP contribution in [0.2, 0.25) is 0 Å². The van der Waals surface area contributed by atoms with Gasteiger partial charge in [0.25, 0.3) is 5.91 Å². The fraction of sp³-hybridized carbons (Fsp3) is 0.333. The quantitative estimate of drug-likeness (QED) is 0.726. The standard InChI is InChI=1S/C21H23N3O2/c25-21(19-12-11-18(26-19)15-24-14-6-13-22-24)23-20(17-9-4-5-10-17)16-7-2-1-3-8-16/h1-3,6-8,11-14,17,20H,4-5,9-10,15H2,(H,23,25). The van der Waals surface area contributed by atoms with Crippen LogP contribution >= 0.6 is 0 Å². The first kappa shape index (κ1) is 16.6. The number of amides is 1. The van der Waals surface area contributed by atoms with Gasteiger partial charge in [-0.3, -0.25) is 9.48 Å². The highest BCUT2D eigenvalue weighted by molar-refractivity contribution is 5.91. The smallest absolute Gasteiger partial charge is 0.287 e. The Morgan fingerprint density at radius 2 is 1.96 bits per heavy atom. The molecule has 0 saturated heterocycles. The Morgan fingerprint density at radius 3 is 2.69 bits per heavy atom. The van der Waals surface area contributed by atoms with Crippen LogP contribution in [0.25, 0.3) is 0 Å². The number of aromatic nitrogens is 2. The summed E-state index contributed by atoms with van der Waals surface area (Å²) < 4.78 is 7.51. The Hall–Kier alpha value is -2.82. The molecule has 1 unspecified atom stereocenters. The highest BCUT2D eigenvalue weighted by atomic mass is 16.4. The van der Waals surface area contributed by atoms with E-state index in [1.54, 1.807) is 16.9 Å². The minimum atomic E-state index is -0.155. The van der Waals surface area contributed by atoms with E-state index >= 15 is 0 Å². The van der Waals surface area contributed by atoms with Gasteiger partial charge in [-0.1, -0.05) is 43.2 Å². The van der Waals surface area contributed by atoms with E-state index in [9.17, 15) is 4.79 Å². The summed E-state index contributed by atoms with van der Waals surface area (Å²) in [5.74, 6) is 1.40. The number of nitrogens with zero attached hydrogens (tertiary/aromatic N) is 2. The molecule has 1 aromatic carbocycles. The summed E-state index contributed by atoms with van der Waals surface area (Å²) in [5.41, 5.74) is 1.16. The minimum Gasteiger partial charge on any atom is -0.454 e. The van der Waals surface area contributed by atoms with Gasteiger partial charge in [0.05, 0.1) is 12.6 Å². The van der Waals surface area contributed by atoms with Crippen LogP contribution in [0.1, 0.15) is 53.6 Å². The molecule has 3 aromatic rings. The Labute approximate surface area is 153 Å². The van der Waals surface area contributed by atoms with Crippen molar-refractivity contribution in [1.82, 2.24) is 15.1 Å². The van der Waals surface area contributed by atoms with Crippen molar-refractivity contribution in [3.05, 3.63) is 78.0 Å². The second-order valence-electron chi connectivity index (χ2n) is 6.88. The molecular formula is C21H23N3O2. The van der Waals surface area contributed by atoms with E-state index in [-0.39, 0.29) is 11.9 Å². The maximum atomic E-state index is 12.8. The normalized spacial score (nSPS) is 15.8. The predicted molar refractivity (Wildman–Crippen MR) is 98.6 cm³/mol. The number of furan rings is 1. The van der Waals surface area contributed by atoms with E-state index < -0.39 is 0 Å². The van der Waals surface area contributed by atoms with Crippen molar-refractivity contribution in [1.29, 1.82) is 0 Å². The van der Waals surface area contributed by atoms with Crippen molar-refractivity contribution in [2.75, 3.05) is 0 Å². The average molecular weight is 349 g/mol. The lowest BCUT2D eigenvalue weighted by Gasteiger charge is -2.24. The molecule has 134 valence electrons. The molecule has 1 N–H and O–H groups in total. The number of carbonyl (C=O) groups excluding carboxylic acids is 1. The van der Waals surface area contributed by atoms with Gasteiger partial charge in [-0.2, -0.15) is 5.10 Å². The highest BCUT2D eigenvalue weighted by Gasteiger charge is 2.28. The van der Waals surface area contributed by atoms with Crippen LogP contribution in [0.15, 0.2) is 65.3 Å². The summed E-state index contributed by atoms with van der Waals surface area (Å²) in [6.07, 6.45) is 8.37. The van der Waals surface area contributed by atoms with Crippen molar-refractivity contribution < 1.29 is 9.21 Å². The third-order valence-corrected chi connectivity index (χ3v) is 5.08. The molecule has 26 heavy (non-hydrogen) atoms. The second kappa shape index (κ2) is 7.60. The van der Waals surface area contributed by atoms with Crippen LogP contribution in [0, 0.1) is 5.92 Å². The number of hydrogen-bond donors (Lipinski definition) is 1. The maximum absolute atomic E-state index is 12.8. The van der Waals surface area contributed by atoms with Crippen molar-refractivity contribution in [2.45, 2.75) is 38.3 Å². The van der Waals surface area contributed by atoms with Crippen LogP contribution in [0.5, 0.6) is 0 Å². The molecule has 0 aliphatic heterocycles. The van der Waals surface area contributed by atoms with Crippen LogP contribution in [-0.4, -0.2) is 15.7 Å². The zero-order valence-electron chi connectivity index (χ0n) is 14.7. The van der Waals surface area contributed by atoms with Crippen molar-refractivity contribution in [2.24, 2.45) is 5.92 Å². The molecule has 1 amide bonds. The van der Waals surface area contributed by atoms with E-state index in [4.69, 9.17) is 4.42 Å². The third-order valence-electron chi connectivity index (χ3n) is 5.08. The van der Waals surface area contributed by atoms with Gasteiger partial charge in [0.1, 0.15) is 5.76 Å². The summed E-state index contributed by atoms with van der Waals surface area (Å²) in [7, 11) is 0. The minimum absolute atomic E-state index is 0.0332. The topological polar surface area (TPSA) is 60.1 Å². The summed E-state index contributed by atoms with van der Waals surface area (Å²) in [6, 6.07) is 15.7. The number of carbonyl (C=O) groups is 1. The van der Waals surface area contributed by atoms with Gasteiger partial charge in [0, 0.05) is 12.4 Å². The largest absolute Gasteiger partial charge is 0.454 e. The highest BCUT2D eigenvalue weighted by Crippen LogP contribution is 2.35. The molecular weight excluding hydrogens is 326 g/mol. The van der Waals surface area contributed by atoms with Crippen molar-refractivity contribution in [3.8, 4) is 0 Å². The van der Waals surface area contributed by atoms with Crippen molar-refractivity contribution >= 4 is 5.91 Å². The molecule has 1 aliphatic rings. The summed E-state index contributed by atoms with van der Waals surface area (Å²) in [5, 5.41) is 7.37. The summed E-state index contributed by atoms with van der Waals surface area (Å²) >= 11 is 0. The molecule has 0 spiro atoms. The fourth-order valence-corrected chi connectivity index (χ4v) is 3.78. The Morgan fingerprint density at radius 1 is 1.15 bits per heavy atom. The fourth-order valence-electron chi connectivity index (χ4n) is 3.78. The van der Waals surface area contributed by atoms with E-state index in [2.05, 4.69) is 22.5 Å². The van der Waals surface area contributed by atoms with Crippen LogP contribution in [0.4, 0.5) is 0 Å². The van der Waals surface area contributed by atoms with Gasteiger partial charge >= 0.3 is 0 Å². The number of benzene rings is 1. The van der Waals surface area contributed by atoms with Gasteiger partial charge < -0.3 is 9.73 Å². The van der Waals surface area contributed by atoms with Crippen LogP contribution < -0.4 is 5.32 Å². The van der Waals surface area contributed by atoms with Gasteiger partial charge in [0.15, 0.2) is 5.76 Å². The van der Waals surface area contributed by atoms with E-state index in [1.807, 2.05) is 36.5 Å². The monoisotopic (exact) mass is 349 g/mol.